The molecule has 0 unspecified atom stereocenters. The minimum atomic E-state index is -0.304. The Morgan fingerprint density at radius 1 is 1.05 bits per heavy atom. The molecule has 4 nitrogen and oxygen atoms in total. The lowest BCUT2D eigenvalue weighted by atomic mass is 10.1. The van der Waals surface area contributed by atoms with Crippen molar-refractivity contribution in [1.82, 2.24) is 0 Å². The number of amides is 2. The van der Waals surface area contributed by atoms with Crippen molar-refractivity contribution in [2.75, 3.05) is 10.6 Å². The lowest BCUT2D eigenvalue weighted by molar-refractivity contribution is 0.262. The molecule has 21 heavy (non-hydrogen) atoms. The number of thiocarbonyl (C=S) groups is 1. The highest BCUT2D eigenvalue weighted by Gasteiger charge is 2.07. The molecular weight excluding hydrogens is 282 g/mol. The molecule has 0 radical (unpaired) electrons. The van der Waals surface area contributed by atoms with Gasteiger partial charge in [0.25, 0.3) is 0 Å². The third-order valence-electron chi connectivity index (χ3n) is 3.08. The Morgan fingerprint density at radius 3 is 2.33 bits per heavy atom. The summed E-state index contributed by atoms with van der Waals surface area (Å²) >= 11 is 4.95. The number of hydrogen-bond donors (Lipinski definition) is 3. The zero-order valence-electron chi connectivity index (χ0n) is 11.9. The molecule has 0 aliphatic heterocycles. The lowest BCUT2D eigenvalue weighted by Gasteiger charge is -2.11. The van der Waals surface area contributed by atoms with Gasteiger partial charge in [-0.25, -0.2) is 4.79 Å². The van der Waals surface area contributed by atoms with Crippen LogP contribution in [-0.4, -0.2) is 11.0 Å². The van der Waals surface area contributed by atoms with Crippen LogP contribution >= 0.6 is 12.2 Å². The van der Waals surface area contributed by atoms with Crippen LogP contribution in [0.4, 0.5) is 16.2 Å². The Hall–Kier alpha value is -2.40. The van der Waals surface area contributed by atoms with E-state index in [1.807, 2.05) is 50.2 Å². The standard InChI is InChI=1S/C16H17N3OS/c1-10-3-7-13(8-4-10)18-16(20)19-14-9-12(15(17)21)6-5-11(14)2/h3-9H,1-2H3,(H2,17,21)(H2,18,19,20). The van der Waals surface area contributed by atoms with Crippen LogP contribution in [0.2, 0.25) is 0 Å². The Balaban J connectivity index is 2.10. The predicted octanol–water partition coefficient (Wildman–Crippen LogP) is 3.58. The molecule has 0 fully saturated rings. The molecular formula is C16H17N3OS. The Morgan fingerprint density at radius 2 is 1.71 bits per heavy atom. The zero-order chi connectivity index (χ0) is 15.4. The highest BCUT2D eigenvalue weighted by Crippen LogP contribution is 2.17. The fourth-order valence-corrected chi connectivity index (χ4v) is 1.96. The number of nitrogens with one attached hydrogen (secondary N) is 2. The van der Waals surface area contributed by atoms with Gasteiger partial charge in [-0.3, -0.25) is 0 Å². The number of rotatable bonds is 3. The number of anilines is 2. The van der Waals surface area contributed by atoms with Gasteiger partial charge in [0, 0.05) is 16.9 Å². The highest BCUT2D eigenvalue weighted by atomic mass is 32.1. The van der Waals surface area contributed by atoms with Gasteiger partial charge in [0.15, 0.2) is 0 Å². The molecule has 0 aromatic heterocycles. The van der Waals surface area contributed by atoms with Crippen LogP contribution in [0.15, 0.2) is 42.5 Å². The van der Waals surface area contributed by atoms with Gasteiger partial charge in [-0.15, -0.1) is 0 Å². The summed E-state index contributed by atoms with van der Waals surface area (Å²) in [6.07, 6.45) is 0. The maximum absolute atomic E-state index is 12.0. The molecule has 0 spiro atoms. The molecule has 4 N–H and O–H groups in total. The first-order valence-corrected chi connectivity index (χ1v) is 6.91. The van der Waals surface area contributed by atoms with E-state index in [1.54, 1.807) is 6.07 Å². The molecule has 0 saturated heterocycles. The zero-order valence-corrected chi connectivity index (χ0v) is 12.8. The van der Waals surface area contributed by atoms with E-state index in [0.717, 1.165) is 22.4 Å². The number of nitrogens with two attached hydrogens (primary N) is 1. The van der Waals surface area contributed by atoms with Gasteiger partial charge in [0.2, 0.25) is 0 Å². The second-order valence-electron chi connectivity index (χ2n) is 4.84. The largest absolute Gasteiger partial charge is 0.389 e. The number of carbonyl (C=O) groups is 1. The Kier molecular flexibility index (Phi) is 4.55. The Labute approximate surface area is 129 Å². The molecule has 2 rings (SSSR count). The summed E-state index contributed by atoms with van der Waals surface area (Å²) in [5, 5.41) is 5.58. The van der Waals surface area contributed by atoms with Crippen molar-refractivity contribution in [3.8, 4) is 0 Å². The first kappa shape index (κ1) is 15.0. The summed E-state index contributed by atoms with van der Waals surface area (Å²) in [7, 11) is 0. The molecule has 0 aliphatic carbocycles. The van der Waals surface area contributed by atoms with E-state index in [-0.39, 0.29) is 6.03 Å². The first-order chi connectivity index (χ1) is 9.95. The van der Waals surface area contributed by atoms with Crippen molar-refractivity contribution < 1.29 is 4.79 Å². The van der Waals surface area contributed by atoms with Gasteiger partial charge in [0.1, 0.15) is 4.99 Å². The van der Waals surface area contributed by atoms with Crippen LogP contribution in [0.3, 0.4) is 0 Å². The van der Waals surface area contributed by atoms with Crippen LogP contribution in [-0.2, 0) is 0 Å². The molecule has 2 amide bonds. The van der Waals surface area contributed by atoms with Crippen molar-refractivity contribution >= 4 is 34.6 Å². The van der Waals surface area contributed by atoms with Gasteiger partial charge in [-0.1, -0.05) is 42.0 Å². The average molecular weight is 299 g/mol. The summed E-state index contributed by atoms with van der Waals surface area (Å²) in [4.78, 5) is 12.3. The lowest BCUT2D eigenvalue weighted by Crippen LogP contribution is -2.20. The molecule has 0 saturated carbocycles. The van der Waals surface area contributed by atoms with Gasteiger partial charge in [-0.2, -0.15) is 0 Å². The second-order valence-corrected chi connectivity index (χ2v) is 5.28. The average Bonchev–Trinajstić information content (AvgIpc) is 2.43. The van der Waals surface area contributed by atoms with E-state index in [4.69, 9.17) is 18.0 Å². The van der Waals surface area contributed by atoms with E-state index in [1.165, 1.54) is 0 Å². The van der Waals surface area contributed by atoms with Gasteiger partial charge < -0.3 is 16.4 Å². The third kappa shape index (κ3) is 4.03. The van der Waals surface area contributed by atoms with Crippen LogP contribution in [0.5, 0.6) is 0 Å². The van der Waals surface area contributed by atoms with E-state index >= 15 is 0 Å². The Bertz CT molecular complexity index is 680. The van der Waals surface area contributed by atoms with Gasteiger partial charge in [0.05, 0.1) is 0 Å². The fraction of sp³-hybridized carbons (Fsp3) is 0.125. The summed E-state index contributed by atoms with van der Waals surface area (Å²) in [5.41, 5.74) is 9.83. The van der Waals surface area contributed by atoms with Crippen LogP contribution in [0, 0.1) is 13.8 Å². The van der Waals surface area contributed by atoms with Gasteiger partial charge in [-0.05, 0) is 37.6 Å². The summed E-state index contributed by atoms with van der Waals surface area (Å²) < 4.78 is 0. The fourth-order valence-electron chi connectivity index (χ4n) is 1.83. The minimum Gasteiger partial charge on any atom is -0.389 e. The van der Waals surface area contributed by atoms with Crippen molar-refractivity contribution in [1.29, 1.82) is 0 Å². The van der Waals surface area contributed by atoms with E-state index in [2.05, 4.69) is 10.6 Å². The SMILES string of the molecule is Cc1ccc(NC(=O)Nc2cc(C(N)=S)ccc2C)cc1. The van der Waals surface area contributed by atoms with Crippen LogP contribution in [0.25, 0.3) is 0 Å². The van der Waals surface area contributed by atoms with Crippen LogP contribution in [0.1, 0.15) is 16.7 Å². The predicted molar refractivity (Wildman–Crippen MR) is 90.9 cm³/mol. The number of urea groups is 1. The maximum Gasteiger partial charge on any atom is 0.323 e. The van der Waals surface area contributed by atoms with E-state index in [0.29, 0.717) is 10.7 Å². The minimum absolute atomic E-state index is 0.303. The molecule has 2 aromatic carbocycles. The molecule has 0 heterocycles. The molecule has 108 valence electrons. The molecule has 2 aromatic rings. The normalized spacial score (nSPS) is 10.0. The van der Waals surface area contributed by atoms with Crippen molar-refractivity contribution in [2.45, 2.75) is 13.8 Å². The molecule has 0 atom stereocenters. The summed E-state index contributed by atoms with van der Waals surface area (Å²) in [5.74, 6) is 0. The summed E-state index contributed by atoms with van der Waals surface area (Å²) in [6.45, 7) is 3.90. The van der Waals surface area contributed by atoms with Gasteiger partial charge >= 0.3 is 6.03 Å². The molecule has 0 bridgehead atoms. The van der Waals surface area contributed by atoms with E-state index < -0.39 is 0 Å². The summed E-state index contributed by atoms with van der Waals surface area (Å²) in [6, 6.07) is 12.8. The quantitative estimate of drug-likeness (QED) is 0.759. The number of aryl methyl sites for hydroxylation is 2. The van der Waals surface area contributed by atoms with Crippen molar-refractivity contribution in [2.24, 2.45) is 5.73 Å². The molecule has 5 heteroatoms. The number of hydrogen-bond acceptors (Lipinski definition) is 2. The van der Waals surface area contributed by atoms with Crippen molar-refractivity contribution in [3.63, 3.8) is 0 Å². The number of benzene rings is 2. The maximum atomic E-state index is 12.0. The van der Waals surface area contributed by atoms with Crippen molar-refractivity contribution in [3.05, 3.63) is 59.2 Å². The topological polar surface area (TPSA) is 67.2 Å². The highest BCUT2D eigenvalue weighted by molar-refractivity contribution is 7.80. The number of carbonyl (C=O) groups excluding carboxylic acids is 1. The van der Waals surface area contributed by atoms with Crippen LogP contribution < -0.4 is 16.4 Å². The third-order valence-corrected chi connectivity index (χ3v) is 3.32. The van der Waals surface area contributed by atoms with E-state index in [9.17, 15) is 4.79 Å². The smallest absolute Gasteiger partial charge is 0.323 e. The monoisotopic (exact) mass is 299 g/mol. The second kappa shape index (κ2) is 6.37. The molecule has 0 aliphatic rings. The first-order valence-electron chi connectivity index (χ1n) is 6.51.